The summed E-state index contributed by atoms with van der Waals surface area (Å²) < 4.78 is 10.3. The van der Waals surface area contributed by atoms with E-state index in [0.29, 0.717) is 16.2 Å². The summed E-state index contributed by atoms with van der Waals surface area (Å²) in [6.45, 7) is 0.988. The molecule has 5 amide bonds. The van der Waals surface area contributed by atoms with Crippen LogP contribution in [-0.4, -0.2) is 54.3 Å². The fourth-order valence-electron chi connectivity index (χ4n) is 3.18. The number of nitrogens with one attached hydrogen (secondary N) is 1. The second kappa shape index (κ2) is 9.05. The Labute approximate surface area is 183 Å². The quantitative estimate of drug-likeness (QED) is 0.519. The molecule has 1 aliphatic rings. The minimum atomic E-state index is -1.07. The van der Waals surface area contributed by atoms with Crippen molar-refractivity contribution in [3.8, 4) is 11.5 Å². The third-order valence-corrected chi connectivity index (χ3v) is 5.10. The summed E-state index contributed by atoms with van der Waals surface area (Å²) in [5.41, 5.74) is 0.912. The van der Waals surface area contributed by atoms with E-state index in [1.54, 1.807) is 37.3 Å². The van der Waals surface area contributed by atoms with Gasteiger partial charge in [0.2, 0.25) is 5.91 Å². The zero-order valence-electron chi connectivity index (χ0n) is 17.0. The Morgan fingerprint density at radius 1 is 1.03 bits per heavy atom. The molecule has 0 bridgehead atoms. The Kier molecular flexibility index (Phi) is 6.45. The average Bonchev–Trinajstić information content (AvgIpc) is 2.97. The van der Waals surface area contributed by atoms with Gasteiger partial charge in [-0.2, -0.15) is 0 Å². The largest absolute Gasteiger partial charge is 0.495 e. The number of hydrogen-bond donors (Lipinski definition) is 1. The molecule has 9 nitrogen and oxygen atoms in total. The van der Waals surface area contributed by atoms with Crippen LogP contribution >= 0.6 is 11.6 Å². The van der Waals surface area contributed by atoms with Crippen molar-refractivity contribution in [3.05, 3.63) is 53.1 Å². The molecular formula is C21H20ClN3O6. The number of benzene rings is 2. The summed E-state index contributed by atoms with van der Waals surface area (Å²) in [7, 11) is 2.80. The summed E-state index contributed by atoms with van der Waals surface area (Å²) in [5, 5.41) is 2.82. The Balaban J connectivity index is 1.77. The summed E-state index contributed by atoms with van der Waals surface area (Å²) in [6, 6.07) is 10.2. The van der Waals surface area contributed by atoms with Crippen molar-refractivity contribution < 1.29 is 28.7 Å². The van der Waals surface area contributed by atoms with Crippen molar-refractivity contribution in [3.63, 3.8) is 0 Å². The number of urea groups is 1. The number of carbonyl (C=O) groups is 4. The van der Waals surface area contributed by atoms with Crippen LogP contribution in [0.2, 0.25) is 5.02 Å². The van der Waals surface area contributed by atoms with Gasteiger partial charge in [-0.3, -0.25) is 14.4 Å². The molecule has 1 saturated heterocycles. The summed E-state index contributed by atoms with van der Waals surface area (Å²) in [5.74, 6) is -2.20. The van der Waals surface area contributed by atoms with Crippen LogP contribution in [0.3, 0.4) is 0 Å². The molecule has 1 aliphatic heterocycles. The normalized spacial score (nSPS) is 14.6. The first-order valence-corrected chi connectivity index (χ1v) is 9.61. The number of anilines is 1. The van der Waals surface area contributed by atoms with Crippen LogP contribution < -0.4 is 14.8 Å². The highest BCUT2D eigenvalue weighted by Gasteiger charge is 2.47. The topological polar surface area (TPSA) is 105 Å². The van der Waals surface area contributed by atoms with Crippen LogP contribution in [0, 0.1) is 0 Å². The van der Waals surface area contributed by atoms with E-state index in [-0.39, 0.29) is 16.5 Å². The maximum atomic E-state index is 12.8. The number of rotatable bonds is 7. The lowest BCUT2D eigenvalue weighted by Gasteiger charge is -2.22. The fraction of sp³-hybridized carbons (Fsp3) is 0.238. The smallest absolute Gasteiger partial charge is 0.335 e. The first-order valence-electron chi connectivity index (χ1n) is 9.23. The number of ether oxygens (including phenoxy) is 2. The summed E-state index contributed by atoms with van der Waals surface area (Å²) in [4.78, 5) is 51.6. The highest BCUT2D eigenvalue weighted by Crippen LogP contribution is 2.36. The van der Waals surface area contributed by atoms with Crippen molar-refractivity contribution in [2.45, 2.75) is 13.0 Å². The van der Waals surface area contributed by atoms with E-state index in [9.17, 15) is 19.2 Å². The molecule has 0 aliphatic carbocycles. The van der Waals surface area contributed by atoms with Crippen LogP contribution in [0.5, 0.6) is 11.5 Å². The molecule has 31 heavy (non-hydrogen) atoms. The zero-order chi connectivity index (χ0) is 22.7. The van der Waals surface area contributed by atoms with E-state index in [1.807, 2.05) is 0 Å². The lowest BCUT2D eigenvalue weighted by molar-refractivity contribution is -0.144. The number of methoxy groups -OCH3 is 2. The van der Waals surface area contributed by atoms with Crippen molar-refractivity contribution in [2.24, 2.45) is 0 Å². The lowest BCUT2D eigenvalue weighted by atomic mass is 10.1. The monoisotopic (exact) mass is 445 g/mol. The number of carbonyl (C=O) groups excluding carboxylic acids is 4. The van der Waals surface area contributed by atoms with Gasteiger partial charge in [-0.25, -0.2) is 14.6 Å². The highest BCUT2D eigenvalue weighted by atomic mass is 35.5. The average molecular weight is 446 g/mol. The van der Waals surface area contributed by atoms with Crippen molar-refractivity contribution >= 4 is 41.0 Å². The second-order valence-corrected chi connectivity index (χ2v) is 7.08. The van der Waals surface area contributed by atoms with Crippen LogP contribution in [0.1, 0.15) is 18.5 Å². The number of imide groups is 2. The van der Waals surface area contributed by atoms with Crippen LogP contribution in [0.25, 0.3) is 0 Å². The van der Waals surface area contributed by atoms with Gasteiger partial charge >= 0.3 is 17.8 Å². The van der Waals surface area contributed by atoms with Gasteiger partial charge in [0.05, 0.1) is 31.0 Å². The summed E-state index contributed by atoms with van der Waals surface area (Å²) >= 11 is 6.05. The van der Waals surface area contributed by atoms with Gasteiger partial charge in [-0.15, -0.1) is 0 Å². The van der Waals surface area contributed by atoms with Crippen molar-refractivity contribution in [1.29, 1.82) is 0 Å². The number of amides is 5. The van der Waals surface area contributed by atoms with Gasteiger partial charge in [-0.1, -0.05) is 41.9 Å². The molecule has 3 rings (SSSR count). The molecule has 0 aromatic heterocycles. The van der Waals surface area contributed by atoms with Gasteiger partial charge < -0.3 is 14.8 Å². The predicted octanol–water partition coefficient (Wildman–Crippen LogP) is 2.85. The molecule has 0 saturated carbocycles. The second-order valence-electron chi connectivity index (χ2n) is 6.67. The maximum absolute atomic E-state index is 12.8. The lowest BCUT2D eigenvalue weighted by Crippen LogP contribution is -2.39. The molecule has 10 heteroatoms. The maximum Gasteiger partial charge on any atom is 0.335 e. The van der Waals surface area contributed by atoms with Crippen molar-refractivity contribution in [1.82, 2.24) is 9.80 Å². The number of nitrogens with zero attached hydrogens (tertiary/aromatic N) is 2. The zero-order valence-corrected chi connectivity index (χ0v) is 17.8. The molecule has 1 fully saturated rings. The first-order chi connectivity index (χ1) is 14.8. The predicted molar refractivity (Wildman–Crippen MR) is 112 cm³/mol. The fourth-order valence-corrected chi connectivity index (χ4v) is 3.41. The van der Waals surface area contributed by atoms with Crippen LogP contribution in [0.4, 0.5) is 10.5 Å². The highest BCUT2D eigenvalue weighted by molar-refractivity contribution is 6.45. The molecule has 2 aromatic carbocycles. The third-order valence-electron chi connectivity index (χ3n) is 4.80. The van der Waals surface area contributed by atoms with Gasteiger partial charge in [0, 0.05) is 12.1 Å². The molecule has 1 unspecified atom stereocenters. The van der Waals surface area contributed by atoms with Crippen LogP contribution in [0.15, 0.2) is 42.5 Å². The van der Waals surface area contributed by atoms with E-state index in [0.717, 1.165) is 4.90 Å². The SMILES string of the molecule is COc1cc(NC(=O)CN2C(=O)C(=O)N(C(C)c3ccccc3)C2=O)c(OC)cc1Cl. The molecule has 0 radical (unpaired) electrons. The van der Waals surface area contributed by atoms with E-state index in [1.165, 1.54) is 26.4 Å². The molecule has 1 N–H and O–H groups in total. The molecule has 2 aromatic rings. The van der Waals surface area contributed by atoms with Gasteiger partial charge in [0.25, 0.3) is 0 Å². The Hall–Kier alpha value is -3.59. The Bertz CT molecular complexity index is 1040. The van der Waals surface area contributed by atoms with E-state index in [4.69, 9.17) is 21.1 Å². The molecular weight excluding hydrogens is 426 g/mol. The van der Waals surface area contributed by atoms with Gasteiger partial charge in [0.15, 0.2) is 0 Å². The Morgan fingerprint density at radius 2 is 1.68 bits per heavy atom. The van der Waals surface area contributed by atoms with E-state index < -0.39 is 36.3 Å². The minimum absolute atomic E-state index is 0.230. The molecule has 162 valence electrons. The first kappa shape index (κ1) is 22.1. The standard InChI is InChI=1S/C21H20ClN3O6/c1-12(13-7-5-4-6-8-13)25-20(28)19(27)24(21(25)29)11-18(26)23-15-10-16(30-2)14(22)9-17(15)31-3/h4-10,12H,11H2,1-3H3,(H,23,26). The molecule has 1 heterocycles. The van der Waals surface area contributed by atoms with Gasteiger partial charge in [0.1, 0.15) is 18.0 Å². The number of halogens is 1. The minimum Gasteiger partial charge on any atom is -0.495 e. The van der Waals surface area contributed by atoms with Gasteiger partial charge in [-0.05, 0) is 12.5 Å². The molecule has 1 atom stereocenters. The van der Waals surface area contributed by atoms with E-state index in [2.05, 4.69) is 5.32 Å². The van der Waals surface area contributed by atoms with Crippen LogP contribution in [-0.2, 0) is 14.4 Å². The van der Waals surface area contributed by atoms with Crippen molar-refractivity contribution in [2.75, 3.05) is 26.1 Å². The Morgan fingerprint density at radius 3 is 2.29 bits per heavy atom. The molecule has 0 spiro atoms. The third kappa shape index (κ3) is 4.31. The number of hydrogen-bond acceptors (Lipinski definition) is 6. The summed E-state index contributed by atoms with van der Waals surface area (Å²) in [6.07, 6.45) is 0. The van der Waals surface area contributed by atoms with E-state index >= 15 is 0 Å².